The van der Waals surface area contributed by atoms with E-state index in [1.54, 1.807) is 12.1 Å². The van der Waals surface area contributed by atoms with Crippen molar-refractivity contribution < 1.29 is 23.9 Å². The van der Waals surface area contributed by atoms with Crippen molar-refractivity contribution in [3.05, 3.63) is 47.9 Å². The van der Waals surface area contributed by atoms with Gasteiger partial charge >= 0.3 is 0 Å². The van der Waals surface area contributed by atoms with Gasteiger partial charge in [0.25, 0.3) is 11.8 Å². The van der Waals surface area contributed by atoms with Crippen LogP contribution >= 0.6 is 0 Å². The van der Waals surface area contributed by atoms with Crippen LogP contribution in [0.2, 0.25) is 0 Å². The number of carboxylic acid groups (broad SMARTS) is 1. The van der Waals surface area contributed by atoms with Crippen molar-refractivity contribution in [1.82, 2.24) is 0 Å². The van der Waals surface area contributed by atoms with Crippen LogP contribution in [0.4, 0.5) is 11.4 Å². The minimum Gasteiger partial charge on any atom is -0.540 e. The van der Waals surface area contributed by atoms with Crippen LogP contribution in [-0.4, -0.2) is 17.8 Å². The molecule has 1 heterocycles. The molecule has 2 N–H and O–H groups in total. The van der Waals surface area contributed by atoms with E-state index in [-0.39, 0.29) is 16.9 Å². The summed E-state index contributed by atoms with van der Waals surface area (Å²) < 4.78 is 5.54. The van der Waals surface area contributed by atoms with E-state index < -0.39 is 17.8 Å². The fourth-order valence-corrected chi connectivity index (χ4v) is 1.87. The lowest BCUT2D eigenvalue weighted by atomic mass is 9.94. The second-order valence-electron chi connectivity index (χ2n) is 6.19. The first kappa shape index (κ1) is 17.3. The van der Waals surface area contributed by atoms with Crippen molar-refractivity contribution in [2.45, 2.75) is 26.2 Å². The Morgan fingerprint density at radius 2 is 1.46 bits per heavy atom. The van der Waals surface area contributed by atoms with Crippen molar-refractivity contribution in [2.24, 2.45) is 0 Å². The fourth-order valence-electron chi connectivity index (χ4n) is 1.87. The lowest BCUT2D eigenvalue weighted by Gasteiger charge is -2.14. The number of carbonyl (C=O) groups is 3. The van der Waals surface area contributed by atoms with Crippen LogP contribution in [0.3, 0.4) is 0 Å². The van der Waals surface area contributed by atoms with Crippen molar-refractivity contribution in [1.29, 1.82) is 0 Å². The van der Waals surface area contributed by atoms with Crippen molar-refractivity contribution in [3.63, 3.8) is 0 Å². The molecule has 0 saturated carbocycles. The van der Waals surface area contributed by atoms with Crippen LogP contribution in [0.5, 0.6) is 0 Å². The fraction of sp³-hybridized carbons (Fsp3) is 0.235. The second-order valence-corrected chi connectivity index (χ2v) is 6.19. The van der Waals surface area contributed by atoms with Gasteiger partial charge in [0, 0.05) is 16.8 Å². The van der Waals surface area contributed by atoms with Gasteiger partial charge in [-0.25, -0.2) is 0 Å². The first-order chi connectivity index (χ1) is 11.2. The number of hydrogen-bond acceptors (Lipinski definition) is 5. The predicted molar refractivity (Wildman–Crippen MR) is 85.4 cm³/mol. The number of amides is 2. The zero-order valence-electron chi connectivity index (χ0n) is 13.5. The normalized spacial score (nSPS) is 11.0. The summed E-state index contributed by atoms with van der Waals surface area (Å²) in [6.45, 7) is 5.94. The lowest BCUT2D eigenvalue weighted by molar-refractivity contribution is -0.299. The standard InChI is InChI=1S/C17H18N2O5/c1-17(2,3)13-9-8-12(24-13)14(20)18-10-4-6-11(7-5-10)19-15(21)16(22)23/h4-9H,1-3H3,(H,18,20)(H,19,21)(H,22,23)/p-1. The van der Waals surface area contributed by atoms with Crippen molar-refractivity contribution >= 4 is 29.2 Å². The number of aliphatic carboxylic acids is 1. The van der Waals surface area contributed by atoms with Gasteiger partial charge in [0.1, 0.15) is 11.7 Å². The van der Waals surface area contributed by atoms with Crippen LogP contribution in [0.25, 0.3) is 0 Å². The molecule has 0 spiro atoms. The molecule has 0 bridgehead atoms. The van der Waals surface area contributed by atoms with E-state index in [9.17, 15) is 19.5 Å². The largest absolute Gasteiger partial charge is 0.540 e. The third kappa shape index (κ3) is 4.22. The van der Waals surface area contributed by atoms with E-state index in [0.717, 1.165) is 0 Å². The Labute approximate surface area is 138 Å². The van der Waals surface area contributed by atoms with Gasteiger partial charge in [0.15, 0.2) is 5.76 Å². The molecule has 2 rings (SSSR count). The topological polar surface area (TPSA) is 111 Å². The van der Waals surface area contributed by atoms with Gasteiger partial charge in [0.05, 0.1) is 0 Å². The Morgan fingerprint density at radius 1 is 0.917 bits per heavy atom. The number of anilines is 2. The number of furan rings is 1. The quantitative estimate of drug-likeness (QED) is 0.829. The second kappa shape index (κ2) is 6.57. The molecular weight excluding hydrogens is 312 g/mol. The van der Waals surface area contributed by atoms with Gasteiger partial charge < -0.3 is 25.0 Å². The average Bonchev–Trinajstić information content (AvgIpc) is 2.99. The third-order valence-corrected chi connectivity index (χ3v) is 3.16. The summed E-state index contributed by atoms with van der Waals surface area (Å²) in [5, 5.41) is 15.1. The maximum Gasteiger partial charge on any atom is 0.291 e. The SMILES string of the molecule is CC(C)(C)c1ccc(C(=O)Nc2ccc(NC(=O)C(=O)[O-])cc2)o1. The molecule has 24 heavy (non-hydrogen) atoms. The molecule has 0 atom stereocenters. The van der Waals surface area contributed by atoms with E-state index in [4.69, 9.17) is 4.42 Å². The van der Waals surface area contributed by atoms with Gasteiger partial charge in [-0.1, -0.05) is 20.8 Å². The van der Waals surface area contributed by atoms with Crippen LogP contribution in [0.15, 0.2) is 40.8 Å². The molecular formula is C17H17N2O5-. The number of benzene rings is 1. The van der Waals surface area contributed by atoms with Crippen LogP contribution in [0, 0.1) is 0 Å². The molecule has 126 valence electrons. The molecule has 0 aliphatic heterocycles. The molecule has 2 amide bonds. The Bertz CT molecular complexity index is 769. The van der Waals surface area contributed by atoms with E-state index in [1.165, 1.54) is 24.3 Å². The number of rotatable bonds is 3. The molecule has 7 nitrogen and oxygen atoms in total. The Kier molecular flexibility index (Phi) is 4.73. The summed E-state index contributed by atoms with van der Waals surface area (Å²) in [7, 11) is 0. The monoisotopic (exact) mass is 329 g/mol. The molecule has 1 aromatic carbocycles. The molecule has 0 saturated heterocycles. The molecule has 1 aromatic heterocycles. The van der Waals surface area contributed by atoms with E-state index in [1.807, 2.05) is 20.8 Å². The van der Waals surface area contributed by atoms with Crippen molar-refractivity contribution in [3.8, 4) is 0 Å². The number of carbonyl (C=O) groups excluding carboxylic acids is 3. The smallest absolute Gasteiger partial charge is 0.291 e. The zero-order chi connectivity index (χ0) is 17.9. The third-order valence-electron chi connectivity index (χ3n) is 3.16. The summed E-state index contributed by atoms with van der Waals surface area (Å²) in [6.07, 6.45) is 0. The maximum atomic E-state index is 12.1. The van der Waals surface area contributed by atoms with Gasteiger partial charge in [-0.3, -0.25) is 9.59 Å². The summed E-state index contributed by atoms with van der Waals surface area (Å²) >= 11 is 0. The summed E-state index contributed by atoms with van der Waals surface area (Å²) in [5.41, 5.74) is 0.549. The highest BCUT2D eigenvalue weighted by atomic mass is 16.4. The van der Waals surface area contributed by atoms with Gasteiger partial charge in [-0.15, -0.1) is 0 Å². The Balaban J connectivity index is 2.03. The molecule has 0 radical (unpaired) electrons. The first-order valence-corrected chi connectivity index (χ1v) is 7.21. The van der Waals surface area contributed by atoms with Crippen LogP contribution in [-0.2, 0) is 15.0 Å². The minimum atomic E-state index is -1.82. The van der Waals surface area contributed by atoms with E-state index in [0.29, 0.717) is 11.4 Å². The Hall–Kier alpha value is -3.09. The summed E-state index contributed by atoms with van der Waals surface area (Å²) in [4.78, 5) is 33.5. The van der Waals surface area contributed by atoms with Crippen LogP contribution in [0.1, 0.15) is 37.1 Å². The Morgan fingerprint density at radius 3 is 1.92 bits per heavy atom. The first-order valence-electron chi connectivity index (χ1n) is 7.21. The molecule has 2 aromatic rings. The van der Waals surface area contributed by atoms with E-state index in [2.05, 4.69) is 10.6 Å². The highest BCUT2D eigenvalue weighted by molar-refractivity contribution is 6.35. The molecule has 0 unspecified atom stereocenters. The predicted octanol–water partition coefficient (Wildman–Crippen LogP) is 1.52. The highest BCUT2D eigenvalue weighted by Crippen LogP contribution is 2.24. The summed E-state index contributed by atoms with van der Waals surface area (Å²) in [5.74, 6) is -2.57. The molecule has 0 aliphatic carbocycles. The molecule has 0 fully saturated rings. The molecule has 7 heteroatoms. The van der Waals surface area contributed by atoms with Crippen molar-refractivity contribution in [2.75, 3.05) is 10.6 Å². The number of hydrogen-bond donors (Lipinski definition) is 2. The minimum absolute atomic E-state index is 0.189. The van der Waals surface area contributed by atoms with Gasteiger partial charge in [-0.05, 0) is 36.4 Å². The average molecular weight is 329 g/mol. The number of nitrogens with one attached hydrogen (secondary N) is 2. The summed E-state index contributed by atoms with van der Waals surface area (Å²) in [6, 6.07) is 9.32. The van der Waals surface area contributed by atoms with Gasteiger partial charge in [-0.2, -0.15) is 0 Å². The maximum absolute atomic E-state index is 12.1. The lowest BCUT2D eigenvalue weighted by Crippen LogP contribution is -2.36. The molecule has 0 aliphatic rings. The zero-order valence-corrected chi connectivity index (χ0v) is 13.5. The van der Waals surface area contributed by atoms with E-state index >= 15 is 0 Å². The highest BCUT2D eigenvalue weighted by Gasteiger charge is 2.20. The number of carboxylic acids is 1. The van der Waals surface area contributed by atoms with Gasteiger partial charge in [0.2, 0.25) is 0 Å². The van der Waals surface area contributed by atoms with Crippen LogP contribution < -0.4 is 15.7 Å².